The van der Waals surface area contributed by atoms with Crippen molar-refractivity contribution in [3.8, 4) is 11.1 Å². The van der Waals surface area contributed by atoms with Crippen LogP contribution < -0.4 is 11.1 Å². The number of pyridine rings is 1. The summed E-state index contributed by atoms with van der Waals surface area (Å²) in [5.74, 6) is 0.276. The number of nitrogens with zero attached hydrogens (tertiary/aromatic N) is 2. The molecule has 1 aliphatic heterocycles. The molecule has 1 saturated heterocycles. The summed E-state index contributed by atoms with van der Waals surface area (Å²) in [6.07, 6.45) is 2.85. The molecule has 2 heterocycles. The van der Waals surface area contributed by atoms with E-state index in [-0.39, 0.29) is 5.82 Å². The van der Waals surface area contributed by atoms with E-state index in [0.717, 1.165) is 47.1 Å². The molecule has 0 radical (unpaired) electrons. The Bertz CT molecular complexity index is 949. The Morgan fingerprint density at radius 3 is 2.85 bits per heavy atom. The van der Waals surface area contributed by atoms with Crippen molar-refractivity contribution < 1.29 is 4.39 Å². The van der Waals surface area contributed by atoms with Crippen molar-refractivity contribution in [1.82, 2.24) is 9.88 Å². The van der Waals surface area contributed by atoms with Crippen LogP contribution in [0.2, 0.25) is 0 Å². The van der Waals surface area contributed by atoms with E-state index in [1.54, 1.807) is 12.3 Å². The second kappa shape index (κ2) is 6.57. The lowest BCUT2D eigenvalue weighted by molar-refractivity contribution is 0.414. The standard InChI is InChI=1S/C21H23FN4/c1-13-4-3-5-18(22)21(13)14-8-15-11-24-20(23)10-17(15)19(9-14)25-16-6-7-26(2)12-16/h3-5,8-11,16,25H,6-7,12H2,1-2H3,(H2,23,24)/t16-/m1/s1. The molecule has 0 unspecified atom stereocenters. The zero-order valence-electron chi connectivity index (χ0n) is 15.1. The van der Waals surface area contributed by atoms with E-state index in [1.807, 2.05) is 31.2 Å². The van der Waals surface area contributed by atoms with Gasteiger partial charge in [0.25, 0.3) is 0 Å². The minimum atomic E-state index is -0.209. The first-order chi connectivity index (χ1) is 12.5. The smallest absolute Gasteiger partial charge is 0.131 e. The molecule has 0 aliphatic carbocycles. The number of benzene rings is 2. The first-order valence-corrected chi connectivity index (χ1v) is 8.91. The predicted octanol–water partition coefficient (Wildman–Crippen LogP) is 4.05. The molecule has 4 nitrogen and oxygen atoms in total. The molecule has 1 aromatic heterocycles. The molecule has 3 N–H and O–H groups in total. The van der Waals surface area contributed by atoms with Gasteiger partial charge in [0, 0.05) is 40.8 Å². The van der Waals surface area contributed by atoms with Crippen LogP contribution in [0.5, 0.6) is 0 Å². The quantitative estimate of drug-likeness (QED) is 0.748. The molecule has 4 rings (SSSR count). The largest absolute Gasteiger partial charge is 0.384 e. The van der Waals surface area contributed by atoms with Crippen molar-refractivity contribution in [3.63, 3.8) is 0 Å². The highest BCUT2D eigenvalue weighted by atomic mass is 19.1. The maximum Gasteiger partial charge on any atom is 0.131 e. The lowest BCUT2D eigenvalue weighted by Crippen LogP contribution is -2.23. The second-order valence-corrected chi connectivity index (χ2v) is 7.18. The second-order valence-electron chi connectivity index (χ2n) is 7.18. The van der Waals surface area contributed by atoms with E-state index in [0.29, 0.717) is 17.4 Å². The topological polar surface area (TPSA) is 54.2 Å². The van der Waals surface area contributed by atoms with Crippen LogP contribution in [0.4, 0.5) is 15.9 Å². The van der Waals surface area contributed by atoms with Gasteiger partial charge in [-0.15, -0.1) is 0 Å². The summed E-state index contributed by atoms with van der Waals surface area (Å²) in [5.41, 5.74) is 9.30. The molecule has 26 heavy (non-hydrogen) atoms. The molecule has 2 aromatic carbocycles. The minimum Gasteiger partial charge on any atom is -0.384 e. The van der Waals surface area contributed by atoms with Crippen LogP contribution in [-0.4, -0.2) is 36.1 Å². The van der Waals surface area contributed by atoms with Crippen LogP contribution in [0.1, 0.15) is 12.0 Å². The highest BCUT2D eigenvalue weighted by molar-refractivity contribution is 5.98. The summed E-state index contributed by atoms with van der Waals surface area (Å²) in [6.45, 7) is 4.00. The van der Waals surface area contributed by atoms with Gasteiger partial charge in [-0.3, -0.25) is 0 Å². The minimum absolute atomic E-state index is 0.209. The van der Waals surface area contributed by atoms with E-state index in [9.17, 15) is 4.39 Å². The van der Waals surface area contributed by atoms with E-state index < -0.39 is 0 Å². The number of nitrogen functional groups attached to an aromatic ring is 1. The SMILES string of the molecule is Cc1cccc(F)c1-c1cc(N[C@@H]2CCN(C)C2)c2cc(N)ncc2c1. The summed E-state index contributed by atoms with van der Waals surface area (Å²) >= 11 is 0. The molecule has 5 heteroatoms. The van der Waals surface area contributed by atoms with Gasteiger partial charge in [0.15, 0.2) is 0 Å². The fourth-order valence-electron chi connectivity index (χ4n) is 3.81. The van der Waals surface area contributed by atoms with Gasteiger partial charge < -0.3 is 16.0 Å². The average Bonchev–Trinajstić information content (AvgIpc) is 3.00. The third-order valence-corrected chi connectivity index (χ3v) is 5.12. The van der Waals surface area contributed by atoms with Crippen molar-refractivity contribution in [2.75, 3.05) is 31.2 Å². The van der Waals surface area contributed by atoms with Crippen LogP contribution >= 0.6 is 0 Å². The maximum atomic E-state index is 14.5. The molecule has 3 aromatic rings. The number of nitrogens with two attached hydrogens (primary N) is 1. The van der Waals surface area contributed by atoms with E-state index in [2.05, 4.69) is 22.2 Å². The Morgan fingerprint density at radius 1 is 1.27 bits per heavy atom. The summed E-state index contributed by atoms with van der Waals surface area (Å²) < 4.78 is 14.5. The lowest BCUT2D eigenvalue weighted by atomic mass is 9.96. The summed E-state index contributed by atoms with van der Waals surface area (Å²) in [5, 5.41) is 5.61. The van der Waals surface area contributed by atoms with Crippen LogP contribution in [0.3, 0.4) is 0 Å². The third-order valence-electron chi connectivity index (χ3n) is 5.12. The molecule has 1 fully saturated rings. The molecule has 1 aliphatic rings. The van der Waals surface area contributed by atoms with Gasteiger partial charge >= 0.3 is 0 Å². The summed E-state index contributed by atoms with van der Waals surface area (Å²) in [6, 6.07) is 11.5. The normalized spacial score (nSPS) is 17.7. The van der Waals surface area contributed by atoms with Crippen LogP contribution in [0.25, 0.3) is 21.9 Å². The molecule has 134 valence electrons. The zero-order valence-corrected chi connectivity index (χ0v) is 15.1. The van der Waals surface area contributed by atoms with E-state index in [1.165, 1.54) is 6.07 Å². The maximum absolute atomic E-state index is 14.5. The highest BCUT2D eigenvalue weighted by Gasteiger charge is 2.20. The number of halogens is 1. The molecule has 0 spiro atoms. The molecule has 1 atom stereocenters. The van der Waals surface area contributed by atoms with Crippen LogP contribution in [0.15, 0.2) is 42.6 Å². The molecular weight excluding hydrogens is 327 g/mol. The highest BCUT2D eigenvalue weighted by Crippen LogP contribution is 2.35. The van der Waals surface area contributed by atoms with Crippen LogP contribution in [0, 0.1) is 12.7 Å². The van der Waals surface area contributed by atoms with Gasteiger partial charge in [0.05, 0.1) is 0 Å². The predicted molar refractivity (Wildman–Crippen MR) is 106 cm³/mol. The number of nitrogens with one attached hydrogen (secondary N) is 1. The number of fused-ring (bicyclic) bond motifs is 1. The first-order valence-electron chi connectivity index (χ1n) is 8.91. The number of anilines is 2. The Hall–Kier alpha value is -2.66. The number of hydrogen-bond donors (Lipinski definition) is 2. The Labute approximate surface area is 152 Å². The molecular formula is C21H23FN4. The first kappa shape index (κ1) is 16.8. The third kappa shape index (κ3) is 3.10. The number of aryl methyl sites for hydroxylation is 1. The fraction of sp³-hybridized carbons (Fsp3) is 0.286. The molecule has 0 amide bonds. The number of rotatable bonds is 3. The van der Waals surface area contributed by atoms with E-state index >= 15 is 0 Å². The fourth-order valence-corrected chi connectivity index (χ4v) is 3.81. The Morgan fingerprint density at radius 2 is 2.12 bits per heavy atom. The van der Waals surface area contributed by atoms with Crippen molar-refractivity contribution in [2.45, 2.75) is 19.4 Å². The van der Waals surface area contributed by atoms with Crippen molar-refractivity contribution in [3.05, 3.63) is 54.0 Å². The number of likely N-dealkylation sites (N-methyl/N-ethyl adjacent to an activating group) is 1. The van der Waals surface area contributed by atoms with Crippen molar-refractivity contribution in [2.24, 2.45) is 0 Å². The summed E-state index contributed by atoms with van der Waals surface area (Å²) in [4.78, 5) is 6.53. The molecule has 0 saturated carbocycles. The van der Waals surface area contributed by atoms with Gasteiger partial charge in [0.2, 0.25) is 0 Å². The summed E-state index contributed by atoms with van der Waals surface area (Å²) in [7, 11) is 2.13. The number of hydrogen-bond acceptors (Lipinski definition) is 4. The Balaban J connectivity index is 1.86. The number of likely N-dealkylation sites (tertiary alicyclic amines) is 1. The molecule has 0 bridgehead atoms. The number of aromatic nitrogens is 1. The van der Waals surface area contributed by atoms with Crippen LogP contribution in [-0.2, 0) is 0 Å². The Kier molecular flexibility index (Phi) is 4.24. The lowest BCUT2D eigenvalue weighted by Gasteiger charge is -2.18. The van der Waals surface area contributed by atoms with Gasteiger partial charge in [-0.1, -0.05) is 12.1 Å². The average molecular weight is 350 g/mol. The van der Waals surface area contributed by atoms with E-state index in [4.69, 9.17) is 5.73 Å². The van der Waals surface area contributed by atoms with Gasteiger partial charge in [-0.05, 0) is 62.3 Å². The van der Waals surface area contributed by atoms with Gasteiger partial charge in [0.1, 0.15) is 11.6 Å². The zero-order chi connectivity index (χ0) is 18.3. The van der Waals surface area contributed by atoms with Gasteiger partial charge in [-0.2, -0.15) is 0 Å². The van der Waals surface area contributed by atoms with Crippen molar-refractivity contribution >= 4 is 22.3 Å². The van der Waals surface area contributed by atoms with Gasteiger partial charge in [-0.25, -0.2) is 9.37 Å². The van der Waals surface area contributed by atoms with Crippen molar-refractivity contribution in [1.29, 1.82) is 0 Å². The monoisotopic (exact) mass is 350 g/mol.